The van der Waals surface area contributed by atoms with Gasteiger partial charge in [-0.25, -0.2) is 4.98 Å². The van der Waals surface area contributed by atoms with E-state index in [1.807, 2.05) is 22.4 Å². The van der Waals surface area contributed by atoms with Crippen molar-refractivity contribution in [2.45, 2.75) is 83.3 Å². The Hall–Kier alpha value is -4.76. The van der Waals surface area contributed by atoms with Crippen molar-refractivity contribution in [2.75, 3.05) is 43.9 Å². The van der Waals surface area contributed by atoms with E-state index < -0.39 is 11.9 Å². The molecule has 2 aromatic carbocycles. The number of esters is 1. The topological polar surface area (TPSA) is 164 Å². The first-order valence-corrected chi connectivity index (χ1v) is 21.7. The summed E-state index contributed by atoms with van der Waals surface area (Å²) in [7, 11) is 3.37. The first-order chi connectivity index (χ1) is 28.9. The lowest BCUT2D eigenvalue weighted by atomic mass is 9.80. The molecule has 0 radical (unpaired) electrons. The molecule has 14 nitrogen and oxygen atoms in total. The lowest BCUT2D eigenvalue weighted by Crippen LogP contribution is -2.34. The van der Waals surface area contributed by atoms with Crippen molar-refractivity contribution >= 4 is 58.3 Å². The Bertz CT molecular complexity index is 2380. The summed E-state index contributed by atoms with van der Waals surface area (Å²) in [6.45, 7) is 4.32. The average molecular weight is 858 g/mol. The Balaban J connectivity index is 0.858. The highest BCUT2D eigenvalue weighted by Gasteiger charge is 2.58. The van der Waals surface area contributed by atoms with Crippen LogP contribution < -0.4 is 10.6 Å². The number of nitrogens with one attached hydrogen (secondary N) is 2. The zero-order valence-corrected chi connectivity index (χ0v) is 35.4. The Morgan fingerprint density at radius 3 is 2.30 bits per heavy atom. The van der Waals surface area contributed by atoms with Crippen LogP contribution in [0.2, 0.25) is 10.0 Å². The van der Waals surface area contributed by atoms with Gasteiger partial charge in [-0.15, -0.1) is 0 Å². The number of nitrogens with zero attached hydrogens (tertiary/aromatic N) is 6. The predicted molar refractivity (Wildman–Crippen MR) is 226 cm³/mol. The van der Waals surface area contributed by atoms with E-state index >= 15 is 0 Å². The quantitative estimate of drug-likeness (QED) is 0.131. The minimum atomic E-state index is -0.774. The van der Waals surface area contributed by atoms with Crippen molar-refractivity contribution in [2.24, 2.45) is 23.8 Å². The highest BCUT2D eigenvalue weighted by molar-refractivity contribution is 6.40. The SMILES string of the molecule is COC(=O)C12CCC(CCN3CCc4c(nc(C(=O)Nc5cccc(-c6cccc(NC(=O)c7cc8n(n7)CCCC8N7CC[C@@H](C(=O)O)C7)c6Cl)c5Cl)n4C)C3)(CC1)C2. The van der Waals surface area contributed by atoms with E-state index in [2.05, 4.69) is 25.5 Å². The lowest BCUT2D eigenvalue weighted by Gasteiger charge is -2.32. The van der Waals surface area contributed by atoms with E-state index in [4.69, 9.17) is 32.9 Å². The van der Waals surface area contributed by atoms with Crippen LogP contribution in [0.5, 0.6) is 0 Å². The molecule has 3 N–H and O–H groups in total. The molecule has 316 valence electrons. The number of aliphatic carboxylic acids is 1. The first kappa shape index (κ1) is 40.6. The zero-order valence-electron chi connectivity index (χ0n) is 33.9. The number of methoxy groups -OCH3 is 1. The maximum Gasteiger partial charge on any atom is 0.311 e. The Kier molecular flexibility index (Phi) is 10.8. The second kappa shape index (κ2) is 15.9. The number of carboxylic acids is 1. The molecule has 3 fully saturated rings. The number of hydrogen-bond acceptors (Lipinski definition) is 9. The summed E-state index contributed by atoms with van der Waals surface area (Å²) in [5.74, 6) is -1.70. The number of hydrogen-bond donors (Lipinski definition) is 3. The lowest BCUT2D eigenvalue weighted by molar-refractivity contribution is -0.152. The van der Waals surface area contributed by atoms with Gasteiger partial charge in [-0.1, -0.05) is 47.5 Å². The number of aryl methyl sites for hydroxylation is 1. The summed E-state index contributed by atoms with van der Waals surface area (Å²) in [5, 5.41) is 20.6. The predicted octanol–water partition coefficient (Wildman–Crippen LogP) is 7.21. The maximum atomic E-state index is 13.8. The van der Waals surface area contributed by atoms with Gasteiger partial charge in [0.25, 0.3) is 11.8 Å². The summed E-state index contributed by atoms with van der Waals surface area (Å²) in [4.78, 5) is 61.0. The number of benzene rings is 2. The number of aromatic nitrogens is 4. The van der Waals surface area contributed by atoms with Crippen molar-refractivity contribution in [1.29, 1.82) is 0 Å². The smallest absolute Gasteiger partial charge is 0.311 e. The van der Waals surface area contributed by atoms with Gasteiger partial charge in [0.15, 0.2) is 11.5 Å². The molecule has 2 saturated carbocycles. The molecule has 1 unspecified atom stereocenters. The number of rotatable bonds is 11. The third-order valence-corrected chi connectivity index (χ3v) is 14.9. The fourth-order valence-electron chi connectivity index (χ4n) is 10.8. The van der Waals surface area contributed by atoms with Gasteiger partial charge >= 0.3 is 11.9 Å². The number of carbonyl (C=O) groups is 4. The highest BCUT2D eigenvalue weighted by Crippen LogP contribution is 2.63. The van der Waals surface area contributed by atoms with Gasteiger partial charge in [0.2, 0.25) is 0 Å². The molecule has 0 spiro atoms. The molecule has 16 heteroatoms. The van der Waals surface area contributed by atoms with E-state index in [9.17, 15) is 24.3 Å². The molecule has 60 heavy (non-hydrogen) atoms. The second-order valence-electron chi connectivity index (χ2n) is 17.5. The number of fused-ring (bicyclic) bond motifs is 4. The fraction of sp³-hybridized carbons (Fsp3) is 0.500. The number of ether oxygens (including phenoxy) is 1. The van der Waals surface area contributed by atoms with E-state index in [0.29, 0.717) is 60.9 Å². The van der Waals surface area contributed by atoms with Gasteiger partial charge in [-0.05, 0) is 94.5 Å². The normalized spacial score (nSPS) is 24.9. The number of likely N-dealkylation sites (tertiary alicyclic amines) is 1. The van der Waals surface area contributed by atoms with Crippen molar-refractivity contribution in [3.8, 4) is 11.1 Å². The van der Waals surface area contributed by atoms with Crippen LogP contribution in [-0.2, 0) is 40.9 Å². The molecule has 2 aliphatic carbocycles. The molecule has 9 rings (SSSR count). The Morgan fingerprint density at radius 1 is 0.933 bits per heavy atom. The summed E-state index contributed by atoms with van der Waals surface area (Å²) in [5.41, 5.74) is 4.94. The maximum absolute atomic E-state index is 13.8. The van der Waals surface area contributed by atoms with E-state index in [1.165, 1.54) is 7.11 Å². The van der Waals surface area contributed by atoms with Crippen LogP contribution in [0, 0.1) is 16.7 Å². The molecule has 3 aliphatic heterocycles. The minimum absolute atomic E-state index is 0.00373. The van der Waals surface area contributed by atoms with Crippen LogP contribution in [0.25, 0.3) is 11.1 Å². The number of carbonyl (C=O) groups excluding carboxylic acids is 3. The minimum Gasteiger partial charge on any atom is -0.481 e. The molecule has 2 bridgehead atoms. The van der Waals surface area contributed by atoms with Crippen LogP contribution in [0.1, 0.15) is 102 Å². The number of imidazole rings is 1. The van der Waals surface area contributed by atoms with Gasteiger partial charge in [0.1, 0.15) is 0 Å². The molecular weight excluding hydrogens is 807 g/mol. The monoisotopic (exact) mass is 856 g/mol. The third kappa shape index (κ3) is 7.28. The average Bonchev–Trinajstić information content (AvgIpc) is 4.10. The van der Waals surface area contributed by atoms with Crippen molar-refractivity contribution in [3.05, 3.63) is 81.1 Å². The summed E-state index contributed by atoms with van der Waals surface area (Å²) < 4.78 is 8.90. The molecule has 5 aliphatic rings. The van der Waals surface area contributed by atoms with Gasteiger partial charge < -0.3 is 25.0 Å². The van der Waals surface area contributed by atoms with Crippen molar-refractivity contribution < 1.29 is 29.0 Å². The highest BCUT2D eigenvalue weighted by atomic mass is 35.5. The molecule has 1 saturated heterocycles. The van der Waals surface area contributed by atoms with Gasteiger partial charge in [-0.3, -0.25) is 33.7 Å². The second-order valence-corrected chi connectivity index (χ2v) is 18.3. The van der Waals surface area contributed by atoms with E-state index in [1.54, 1.807) is 36.4 Å². The molecule has 2 atom stereocenters. The largest absolute Gasteiger partial charge is 0.481 e. The molecule has 2 aromatic heterocycles. The number of halogens is 2. The zero-order chi connectivity index (χ0) is 41.9. The van der Waals surface area contributed by atoms with Crippen LogP contribution in [-0.4, -0.2) is 91.3 Å². The van der Waals surface area contributed by atoms with Crippen LogP contribution in [0.3, 0.4) is 0 Å². The molecule has 4 aromatic rings. The first-order valence-electron chi connectivity index (χ1n) is 21.0. The van der Waals surface area contributed by atoms with Gasteiger partial charge in [-0.2, -0.15) is 5.10 Å². The Morgan fingerprint density at radius 2 is 1.63 bits per heavy atom. The molecule has 5 heterocycles. The molecule has 2 amide bonds. The van der Waals surface area contributed by atoms with Crippen LogP contribution >= 0.6 is 23.2 Å². The van der Waals surface area contributed by atoms with Crippen LogP contribution in [0.4, 0.5) is 11.4 Å². The molecular formula is C44H50Cl2N8O6. The summed E-state index contributed by atoms with van der Waals surface area (Å²) in [6.07, 6.45) is 9.09. The third-order valence-electron chi connectivity index (χ3n) is 14.1. The summed E-state index contributed by atoms with van der Waals surface area (Å²) >= 11 is 14.0. The van der Waals surface area contributed by atoms with E-state index in [0.717, 1.165) is 88.0 Å². The fourth-order valence-corrected chi connectivity index (χ4v) is 11.3. The van der Waals surface area contributed by atoms with Crippen molar-refractivity contribution in [3.63, 3.8) is 0 Å². The van der Waals surface area contributed by atoms with E-state index in [-0.39, 0.29) is 50.4 Å². The summed E-state index contributed by atoms with van der Waals surface area (Å²) in [6, 6.07) is 12.4. The standard InChI is InChI=1S/C44H50Cl2N8O6/c1-51-33-12-19-52(21-17-43-13-15-44(25-43,16-14-43)42(59)60-2)24-32(33)47-38(51)40(56)49-30-9-4-7-28(37(30)46)27-6-3-8-29(36(27)45)48-39(55)31-22-35-34(10-5-18-54(35)50-31)53-20-11-26(23-53)41(57)58/h3-4,6-9,22,26,34H,5,10-21,23-25H2,1-2H3,(H,48,55)(H,49,56)(H,57,58)/t26-,34?,43?,44?/m1/s1. The van der Waals surface area contributed by atoms with Crippen LogP contribution in [0.15, 0.2) is 42.5 Å². The Labute approximate surface area is 358 Å². The van der Waals surface area contributed by atoms with Gasteiger partial charge in [0.05, 0.1) is 57.3 Å². The number of anilines is 2. The number of amides is 2. The van der Waals surface area contributed by atoms with Gasteiger partial charge in [0, 0.05) is 56.5 Å². The van der Waals surface area contributed by atoms with Crippen molar-refractivity contribution in [1.82, 2.24) is 29.1 Å². The number of carboxylic acid groups (broad SMARTS) is 1.